The van der Waals surface area contributed by atoms with Gasteiger partial charge in [0.25, 0.3) is 5.95 Å². The minimum Gasteiger partial charge on any atom is -0.468 e. The zero-order valence-corrected chi connectivity index (χ0v) is 8.13. The van der Waals surface area contributed by atoms with Crippen molar-refractivity contribution in [2.24, 2.45) is 0 Å². The highest BCUT2D eigenvalue weighted by Crippen LogP contribution is 2.30. The molecule has 1 aliphatic rings. The fraction of sp³-hybridized carbons (Fsp3) is 0.556. The Balaban J connectivity index is 3.13. The van der Waals surface area contributed by atoms with Crippen LogP contribution >= 0.6 is 0 Å². The molecule has 4 heteroatoms. The lowest BCUT2D eigenvalue weighted by Gasteiger charge is -2.16. The maximum atomic E-state index is 11.6. The third-order valence-corrected chi connectivity index (χ3v) is 1.86. The van der Waals surface area contributed by atoms with E-state index in [-0.39, 0.29) is 23.1 Å². The highest BCUT2D eigenvalue weighted by molar-refractivity contribution is 6.23. The Morgan fingerprint density at radius 2 is 2.00 bits per heavy atom. The molecule has 0 unspecified atom stereocenters. The molecule has 72 valence electrons. The first-order valence-electron chi connectivity index (χ1n) is 3.93. The molecule has 0 atom stereocenters. The van der Waals surface area contributed by atoms with E-state index in [2.05, 4.69) is 0 Å². The molecule has 1 heterocycles. The Morgan fingerprint density at radius 3 is 2.31 bits per heavy atom. The van der Waals surface area contributed by atoms with Crippen molar-refractivity contribution in [3.63, 3.8) is 0 Å². The van der Waals surface area contributed by atoms with Crippen LogP contribution in [0.2, 0.25) is 0 Å². The van der Waals surface area contributed by atoms with Gasteiger partial charge in [0.1, 0.15) is 5.57 Å². The van der Waals surface area contributed by atoms with Crippen LogP contribution in [0.4, 0.5) is 0 Å². The molecule has 0 fully saturated rings. The van der Waals surface area contributed by atoms with Gasteiger partial charge in [0.15, 0.2) is 11.4 Å². The van der Waals surface area contributed by atoms with Crippen LogP contribution in [0.15, 0.2) is 11.5 Å². The summed E-state index contributed by atoms with van der Waals surface area (Å²) in [5, 5.41) is 0. The molecule has 4 nitrogen and oxygen atoms in total. The largest absolute Gasteiger partial charge is 0.468 e. The summed E-state index contributed by atoms with van der Waals surface area (Å²) >= 11 is 0. The predicted octanol–water partition coefficient (Wildman–Crippen LogP) is 0.811. The summed E-state index contributed by atoms with van der Waals surface area (Å²) in [5.74, 6) is -0.619. The fourth-order valence-electron chi connectivity index (χ4n) is 1.17. The number of ether oxygens (including phenoxy) is 2. The van der Waals surface area contributed by atoms with Gasteiger partial charge in [-0.2, -0.15) is 0 Å². The summed E-state index contributed by atoms with van der Waals surface area (Å²) in [7, 11) is 1.37. The van der Waals surface area contributed by atoms with Gasteiger partial charge in [0.2, 0.25) is 5.78 Å². The van der Waals surface area contributed by atoms with E-state index < -0.39 is 5.60 Å². The van der Waals surface area contributed by atoms with Gasteiger partial charge in [0.05, 0.1) is 7.11 Å². The maximum absolute atomic E-state index is 11.6. The van der Waals surface area contributed by atoms with Gasteiger partial charge < -0.3 is 9.47 Å². The van der Waals surface area contributed by atoms with E-state index in [0.29, 0.717) is 0 Å². The first-order valence-corrected chi connectivity index (χ1v) is 3.93. The van der Waals surface area contributed by atoms with Crippen LogP contribution in [0.3, 0.4) is 0 Å². The molecule has 0 aromatic carbocycles. The molecule has 0 spiro atoms. The summed E-state index contributed by atoms with van der Waals surface area (Å²) in [6.07, 6.45) is 0. The number of rotatable bonds is 2. The van der Waals surface area contributed by atoms with E-state index in [4.69, 9.17) is 9.47 Å². The van der Waals surface area contributed by atoms with Crippen LogP contribution in [0.5, 0.6) is 0 Å². The van der Waals surface area contributed by atoms with Crippen molar-refractivity contribution in [1.29, 1.82) is 0 Å². The van der Waals surface area contributed by atoms with Crippen molar-refractivity contribution in [2.75, 3.05) is 7.11 Å². The van der Waals surface area contributed by atoms with Crippen molar-refractivity contribution in [3.05, 3.63) is 11.5 Å². The Labute approximate surface area is 76.5 Å². The molecule has 13 heavy (non-hydrogen) atoms. The standard InChI is InChI=1S/C9H12O4/c1-5(10)6-7(11)9(2,3)13-8(6)12-4/h1-4H3. The van der Waals surface area contributed by atoms with Crippen LogP contribution < -0.4 is 0 Å². The minimum absolute atomic E-state index is 0.0208. The quantitative estimate of drug-likeness (QED) is 0.596. The molecule has 1 aliphatic heterocycles. The highest BCUT2D eigenvalue weighted by Gasteiger charge is 2.44. The lowest BCUT2D eigenvalue weighted by atomic mass is 9.98. The van der Waals surface area contributed by atoms with E-state index in [1.165, 1.54) is 14.0 Å². The lowest BCUT2D eigenvalue weighted by molar-refractivity contribution is -0.130. The van der Waals surface area contributed by atoms with Crippen LogP contribution in [-0.2, 0) is 19.1 Å². The third kappa shape index (κ3) is 1.43. The molecule has 0 radical (unpaired) electrons. The SMILES string of the molecule is COC1=C(C(C)=O)C(=O)C(C)(C)O1. The zero-order valence-electron chi connectivity index (χ0n) is 8.13. The molecule has 0 aromatic rings. The molecule has 0 saturated heterocycles. The van der Waals surface area contributed by atoms with E-state index >= 15 is 0 Å². The summed E-state index contributed by atoms with van der Waals surface area (Å²) < 4.78 is 9.98. The van der Waals surface area contributed by atoms with Gasteiger partial charge in [-0.1, -0.05) is 0 Å². The second-order valence-corrected chi connectivity index (χ2v) is 3.36. The molecule has 0 aliphatic carbocycles. The van der Waals surface area contributed by atoms with Gasteiger partial charge in [0, 0.05) is 0 Å². The lowest BCUT2D eigenvalue weighted by Crippen LogP contribution is -2.30. The first-order chi connectivity index (χ1) is 5.90. The molecule has 0 aromatic heterocycles. The Morgan fingerprint density at radius 1 is 1.46 bits per heavy atom. The summed E-state index contributed by atoms with van der Waals surface area (Å²) in [6, 6.07) is 0. The highest BCUT2D eigenvalue weighted by atomic mass is 16.7. The van der Waals surface area contributed by atoms with E-state index in [0.717, 1.165) is 0 Å². The van der Waals surface area contributed by atoms with Crippen LogP contribution in [0.25, 0.3) is 0 Å². The smallest absolute Gasteiger partial charge is 0.295 e. The second-order valence-electron chi connectivity index (χ2n) is 3.36. The molecule has 0 N–H and O–H groups in total. The Bertz CT molecular complexity index is 299. The summed E-state index contributed by atoms with van der Waals surface area (Å²) in [4.78, 5) is 22.6. The van der Waals surface area contributed by atoms with E-state index in [9.17, 15) is 9.59 Å². The monoisotopic (exact) mass is 184 g/mol. The number of Topliss-reactive ketones (excluding diaryl/α,β-unsaturated/α-hetero) is 2. The minimum atomic E-state index is -0.980. The van der Waals surface area contributed by atoms with Crippen LogP contribution in [0, 0.1) is 0 Å². The molecule has 0 bridgehead atoms. The summed E-state index contributed by atoms with van der Waals surface area (Å²) in [5.41, 5.74) is -0.959. The number of carbonyl (C=O) groups is 2. The van der Waals surface area contributed by atoms with Crippen molar-refractivity contribution >= 4 is 11.6 Å². The van der Waals surface area contributed by atoms with Gasteiger partial charge in [-0.25, -0.2) is 0 Å². The summed E-state index contributed by atoms with van der Waals surface area (Å²) in [6.45, 7) is 4.52. The average Bonchev–Trinajstić information content (AvgIpc) is 2.23. The first kappa shape index (κ1) is 9.77. The van der Waals surface area contributed by atoms with Crippen LogP contribution in [-0.4, -0.2) is 24.3 Å². The zero-order chi connectivity index (χ0) is 10.2. The Kier molecular flexibility index (Phi) is 2.15. The molecule has 0 amide bonds. The Hall–Kier alpha value is -1.32. The van der Waals surface area contributed by atoms with Gasteiger partial charge in [-0.05, 0) is 20.8 Å². The van der Waals surface area contributed by atoms with E-state index in [1.54, 1.807) is 13.8 Å². The van der Waals surface area contributed by atoms with Crippen molar-refractivity contribution < 1.29 is 19.1 Å². The van der Waals surface area contributed by atoms with Crippen LogP contribution in [0.1, 0.15) is 20.8 Å². The predicted molar refractivity (Wildman–Crippen MR) is 44.9 cm³/mol. The molecule has 0 saturated carbocycles. The number of methoxy groups -OCH3 is 1. The number of carbonyl (C=O) groups excluding carboxylic acids is 2. The van der Waals surface area contributed by atoms with Gasteiger partial charge in [-0.3, -0.25) is 9.59 Å². The van der Waals surface area contributed by atoms with Gasteiger partial charge in [-0.15, -0.1) is 0 Å². The maximum Gasteiger partial charge on any atom is 0.295 e. The molecule has 1 rings (SSSR count). The molecular formula is C9H12O4. The van der Waals surface area contributed by atoms with Crippen molar-refractivity contribution in [2.45, 2.75) is 26.4 Å². The molecular weight excluding hydrogens is 172 g/mol. The van der Waals surface area contributed by atoms with Crippen molar-refractivity contribution in [1.82, 2.24) is 0 Å². The second kappa shape index (κ2) is 2.87. The third-order valence-electron chi connectivity index (χ3n) is 1.86. The van der Waals surface area contributed by atoms with Crippen molar-refractivity contribution in [3.8, 4) is 0 Å². The topological polar surface area (TPSA) is 52.6 Å². The normalized spacial score (nSPS) is 20.2. The number of hydrogen-bond acceptors (Lipinski definition) is 4. The van der Waals surface area contributed by atoms with E-state index in [1.807, 2.05) is 0 Å². The number of ketones is 2. The average molecular weight is 184 g/mol. The number of hydrogen-bond donors (Lipinski definition) is 0. The fourth-order valence-corrected chi connectivity index (χ4v) is 1.17. The van der Waals surface area contributed by atoms with Gasteiger partial charge >= 0.3 is 0 Å².